The summed E-state index contributed by atoms with van der Waals surface area (Å²) in [7, 11) is 0. The van der Waals surface area contributed by atoms with Gasteiger partial charge in [0.1, 0.15) is 0 Å². The second kappa shape index (κ2) is 9.03. The van der Waals surface area contributed by atoms with Crippen molar-refractivity contribution in [1.29, 1.82) is 0 Å². The first-order valence-corrected chi connectivity index (χ1v) is 6.54. The minimum atomic E-state index is -0.433. The van der Waals surface area contributed by atoms with Gasteiger partial charge in [0.25, 0.3) is 0 Å². The maximum atomic E-state index is 9.66. The molecule has 18 heavy (non-hydrogen) atoms. The average molecular weight is 252 g/mol. The number of rotatable bonds is 9. The average Bonchev–Trinajstić information content (AvgIpc) is 2.35. The summed E-state index contributed by atoms with van der Waals surface area (Å²) in [5.74, 6) is 0.510. The van der Waals surface area contributed by atoms with Crippen molar-refractivity contribution in [1.82, 2.24) is 10.3 Å². The van der Waals surface area contributed by atoms with Gasteiger partial charge in [-0.3, -0.25) is 4.98 Å². The number of nitrogens with one attached hydrogen (secondary N) is 1. The van der Waals surface area contributed by atoms with E-state index in [9.17, 15) is 5.11 Å². The van der Waals surface area contributed by atoms with Gasteiger partial charge in [0.15, 0.2) is 0 Å². The number of nitrogens with zero attached hydrogens (tertiary/aromatic N) is 1. The van der Waals surface area contributed by atoms with Gasteiger partial charge in [-0.05, 0) is 30.5 Å². The monoisotopic (exact) mass is 252 g/mol. The lowest BCUT2D eigenvalue weighted by molar-refractivity contribution is 0.0263. The standard InChI is InChI=1S/C14H24N2O2/c1-12(2)10-18-11-14(17)9-16-7-5-13-4-3-6-15-8-13/h3-4,6,8,12,14,16-17H,5,7,9-11H2,1-2H3. The summed E-state index contributed by atoms with van der Waals surface area (Å²) in [6.07, 6.45) is 4.13. The van der Waals surface area contributed by atoms with Crippen molar-refractivity contribution >= 4 is 0 Å². The highest BCUT2D eigenvalue weighted by Gasteiger charge is 2.04. The molecule has 0 bridgehead atoms. The van der Waals surface area contributed by atoms with Crippen LogP contribution in [0, 0.1) is 5.92 Å². The molecule has 0 aliphatic carbocycles. The van der Waals surface area contributed by atoms with Crippen LogP contribution in [0.15, 0.2) is 24.5 Å². The first-order chi connectivity index (χ1) is 8.68. The topological polar surface area (TPSA) is 54.4 Å². The van der Waals surface area contributed by atoms with Crippen LogP contribution in [0.3, 0.4) is 0 Å². The first-order valence-electron chi connectivity index (χ1n) is 6.54. The Hall–Kier alpha value is -0.970. The summed E-state index contributed by atoms with van der Waals surface area (Å²) in [5, 5.41) is 12.9. The van der Waals surface area contributed by atoms with Gasteiger partial charge in [0.05, 0.1) is 12.7 Å². The predicted molar refractivity (Wildman–Crippen MR) is 72.5 cm³/mol. The largest absolute Gasteiger partial charge is 0.389 e. The molecule has 0 saturated heterocycles. The van der Waals surface area contributed by atoms with Crippen LogP contribution in [0.4, 0.5) is 0 Å². The van der Waals surface area contributed by atoms with Crippen LogP contribution in [0.1, 0.15) is 19.4 Å². The Morgan fingerprint density at radius 1 is 1.39 bits per heavy atom. The molecule has 0 aliphatic heterocycles. The number of aromatic nitrogens is 1. The van der Waals surface area contributed by atoms with Crippen LogP contribution in [0.5, 0.6) is 0 Å². The maximum Gasteiger partial charge on any atom is 0.0897 e. The van der Waals surface area contributed by atoms with E-state index in [2.05, 4.69) is 30.2 Å². The van der Waals surface area contributed by atoms with E-state index in [1.54, 1.807) is 6.20 Å². The van der Waals surface area contributed by atoms with Crippen molar-refractivity contribution in [3.05, 3.63) is 30.1 Å². The SMILES string of the molecule is CC(C)COCC(O)CNCCc1cccnc1. The van der Waals surface area contributed by atoms with Crippen molar-refractivity contribution in [2.45, 2.75) is 26.4 Å². The Morgan fingerprint density at radius 3 is 2.89 bits per heavy atom. The van der Waals surface area contributed by atoms with Gasteiger partial charge in [-0.15, -0.1) is 0 Å². The van der Waals surface area contributed by atoms with Crippen molar-refractivity contribution in [2.24, 2.45) is 5.92 Å². The molecular formula is C14H24N2O2. The first kappa shape index (κ1) is 15.1. The minimum Gasteiger partial charge on any atom is -0.389 e. The van der Waals surface area contributed by atoms with Gasteiger partial charge in [-0.2, -0.15) is 0 Å². The summed E-state index contributed by atoms with van der Waals surface area (Å²) in [6.45, 7) is 6.70. The minimum absolute atomic E-state index is 0.401. The molecule has 0 aromatic carbocycles. The third-order valence-corrected chi connectivity index (χ3v) is 2.45. The fourth-order valence-electron chi connectivity index (χ4n) is 1.55. The Labute approximate surface area is 109 Å². The normalized spacial score (nSPS) is 12.9. The van der Waals surface area contributed by atoms with Crippen LogP contribution in [-0.4, -0.2) is 42.5 Å². The van der Waals surface area contributed by atoms with Crippen molar-refractivity contribution < 1.29 is 9.84 Å². The highest BCUT2D eigenvalue weighted by atomic mass is 16.5. The maximum absolute atomic E-state index is 9.66. The van der Waals surface area contributed by atoms with E-state index in [1.807, 2.05) is 12.3 Å². The van der Waals surface area contributed by atoms with Crippen LogP contribution in [-0.2, 0) is 11.2 Å². The summed E-state index contributed by atoms with van der Waals surface area (Å²) in [6, 6.07) is 3.99. The van der Waals surface area contributed by atoms with Crippen molar-refractivity contribution in [3.63, 3.8) is 0 Å². The van der Waals surface area contributed by atoms with Gasteiger partial charge in [-0.1, -0.05) is 19.9 Å². The molecule has 2 N–H and O–H groups in total. The quantitative estimate of drug-likeness (QED) is 0.649. The molecule has 1 aromatic rings. The summed E-state index contributed by atoms with van der Waals surface area (Å²) in [5.41, 5.74) is 1.20. The molecule has 0 saturated carbocycles. The lowest BCUT2D eigenvalue weighted by Gasteiger charge is -2.13. The molecule has 0 fully saturated rings. The summed E-state index contributed by atoms with van der Waals surface area (Å²) >= 11 is 0. The number of aliphatic hydroxyl groups is 1. The second-order valence-electron chi connectivity index (χ2n) is 4.90. The molecule has 1 heterocycles. The third kappa shape index (κ3) is 7.37. The second-order valence-corrected chi connectivity index (χ2v) is 4.90. The van der Waals surface area contributed by atoms with Crippen LogP contribution in [0.25, 0.3) is 0 Å². The molecule has 4 heteroatoms. The van der Waals surface area contributed by atoms with E-state index in [0.717, 1.165) is 13.0 Å². The van der Waals surface area contributed by atoms with Gasteiger partial charge in [-0.25, -0.2) is 0 Å². The van der Waals surface area contributed by atoms with Gasteiger partial charge in [0, 0.05) is 25.5 Å². The number of aliphatic hydroxyl groups excluding tert-OH is 1. The molecule has 1 rings (SSSR count). The number of hydrogen-bond acceptors (Lipinski definition) is 4. The van der Waals surface area contributed by atoms with E-state index < -0.39 is 6.10 Å². The number of ether oxygens (including phenoxy) is 1. The van der Waals surface area contributed by atoms with Crippen LogP contribution in [0.2, 0.25) is 0 Å². The molecule has 1 atom stereocenters. The van der Waals surface area contributed by atoms with E-state index in [4.69, 9.17) is 4.74 Å². The molecule has 102 valence electrons. The fourth-order valence-corrected chi connectivity index (χ4v) is 1.55. The molecule has 0 aliphatic rings. The van der Waals surface area contributed by atoms with Crippen LogP contribution >= 0.6 is 0 Å². The molecule has 4 nitrogen and oxygen atoms in total. The molecular weight excluding hydrogens is 228 g/mol. The highest BCUT2D eigenvalue weighted by molar-refractivity contribution is 5.08. The Kier molecular flexibility index (Phi) is 7.57. The van der Waals surface area contributed by atoms with Crippen LogP contribution < -0.4 is 5.32 Å². The van der Waals surface area contributed by atoms with E-state index in [0.29, 0.717) is 25.7 Å². The van der Waals surface area contributed by atoms with Gasteiger partial charge in [0.2, 0.25) is 0 Å². The Morgan fingerprint density at radius 2 is 2.22 bits per heavy atom. The summed E-state index contributed by atoms with van der Waals surface area (Å²) in [4.78, 5) is 4.06. The Balaban J connectivity index is 2.00. The lowest BCUT2D eigenvalue weighted by Crippen LogP contribution is -2.32. The van der Waals surface area contributed by atoms with Crippen molar-refractivity contribution in [3.8, 4) is 0 Å². The molecule has 0 spiro atoms. The summed E-state index contributed by atoms with van der Waals surface area (Å²) < 4.78 is 5.37. The molecule has 1 unspecified atom stereocenters. The van der Waals surface area contributed by atoms with Gasteiger partial charge < -0.3 is 15.2 Å². The number of hydrogen-bond donors (Lipinski definition) is 2. The van der Waals surface area contributed by atoms with Gasteiger partial charge >= 0.3 is 0 Å². The molecule has 0 radical (unpaired) electrons. The zero-order valence-electron chi connectivity index (χ0n) is 11.3. The third-order valence-electron chi connectivity index (χ3n) is 2.45. The zero-order chi connectivity index (χ0) is 13.2. The fraction of sp³-hybridized carbons (Fsp3) is 0.643. The van der Waals surface area contributed by atoms with E-state index in [-0.39, 0.29) is 0 Å². The smallest absolute Gasteiger partial charge is 0.0897 e. The number of pyridine rings is 1. The van der Waals surface area contributed by atoms with Crippen molar-refractivity contribution in [2.75, 3.05) is 26.3 Å². The lowest BCUT2D eigenvalue weighted by atomic mass is 10.2. The zero-order valence-corrected chi connectivity index (χ0v) is 11.3. The van der Waals surface area contributed by atoms with E-state index >= 15 is 0 Å². The molecule has 0 amide bonds. The Bertz CT molecular complexity index is 304. The van der Waals surface area contributed by atoms with E-state index in [1.165, 1.54) is 5.56 Å². The highest BCUT2D eigenvalue weighted by Crippen LogP contribution is 1.96. The predicted octanol–water partition coefficient (Wildman–Crippen LogP) is 1.25. The molecule has 1 aromatic heterocycles.